The molecule has 0 aliphatic rings. The summed E-state index contributed by atoms with van der Waals surface area (Å²) >= 11 is 5.79. The van der Waals surface area contributed by atoms with Crippen LogP contribution in [-0.4, -0.2) is 37.2 Å². The number of halogens is 1. The molecule has 1 rings (SSSR count). The van der Waals surface area contributed by atoms with E-state index in [2.05, 4.69) is 0 Å². The summed E-state index contributed by atoms with van der Waals surface area (Å²) < 4.78 is 28.1. The summed E-state index contributed by atoms with van der Waals surface area (Å²) in [6.45, 7) is 4.89. The van der Waals surface area contributed by atoms with Crippen LogP contribution in [0.2, 0.25) is 5.02 Å². The van der Waals surface area contributed by atoms with Crippen LogP contribution in [0, 0.1) is 0 Å². The van der Waals surface area contributed by atoms with Crippen molar-refractivity contribution in [3.8, 4) is 0 Å². The van der Waals surface area contributed by atoms with Crippen molar-refractivity contribution < 1.29 is 27.9 Å². The highest BCUT2D eigenvalue weighted by atomic mass is 35.5. The highest BCUT2D eigenvalue weighted by molar-refractivity contribution is 7.57. The maximum absolute atomic E-state index is 12.9. The van der Waals surface area contributed by atoms with Crippen molar-refractivity contribution in [1.82, 2.24) is 0 Å². The van der Waals surface area contributed by atoms with Gasteiger partial charge in [-0.2, -0.15) is 0 Å². The van der Waals surface area contributed by atoms with Crippen molar-refractivity contribution in [2.75, 3.05) is 19.8 Å². The maximum Gasteiger partial charge on any atom is 0.352 e. The summed E-state index contributed by atoms with van der Waals surface area (Å²) in [7, 11) is -4.01. The standard InChI is InChI=1S/C15H20ClO6P/c1-4-20-15(18)14(23(19,21-5-2)22-6-3)13(17)11-7-9-12(16)10-8-11/h7-10,14H,4-6H2,1-3H3. The van der Waals surface area contributed by atoms with E-state index in [0.29, 0.717) is 5.02 Å². The molecule has 8 heteroatoms. The second kappa shape index (κ2) is 9.18. The highest BCUT2D eigenvalue weighted by Crippen LogP contribution is 2.54. The average molecular weight is 363 g/mol. The van der Waals surface area contributed by atoms with Crippen LogP contribution in [0.25, 0.3) is 0 Å². The van der Waals surface area contributed by atoms with Crippen molar-refractivity contribution in [2.45, 2.75) is 26.4 Å². The number of ether oxygens (including phenoxy) is 1. The fourth-order valence-electron chi connectivity index (χ4n) is 1.92. The Morgan fingerprint density at radius 1 is 1.04 bits per heavy atom. The minimum Gasteiger partial charge on any atom is -0.465 e. The molecule has 0 fully saturated rings. The SMILES string of the molecule is CCOC(=O)C(C(=O)c1ccc(Cl)cc1)P(=O)(OCC)OCC. The van der Waals surface area contributed by atoms with Crippen LogP contribution < -0.4 is 0 Å². The molecule has 0 aromatic heterocycles. The summed E-state index contributed by atoms with van der Waals surface area (Å²) in [5, 5.41) is 0.437. The molecule has 0 amide bonds. The third-order valence-electron chi connectivity index (χ3n) is 2.82. The summed E-state index contributed by atoms with van der Waals surface area (Å²) in [5.74, 6) is -1.62. The topological polar surface area (TPSA) is 78.9 Å². The lowest BCUT2D eigenvalue weighted by atomic mass is 10.1. The molecule has 0 spiro atoms. The van der Waals surface area contributed by atoms with E-state index in [-0.39, 0.29) is 25.4 Å². The third-order valence-corrected chi connectivity index (χ3v) is 5.39. The Morgan fingerprint density at radius 3 is 2.00 bits per heavy atom. The predicted octanol–water partition coefficient (Wildman–Crippen LogP) is 3.72. The fourth-order valence-corrected chi connectivity index (χ4v) is 3.91. The summed E-state index contributed by atoms with van der Waals surface area (Å²) in [4.78, 5) is 24.9. The van der Waals surface area contributed by atoms with Crippen LogP contribution in [0.1, 0.15) is 31.1 Å². The molecular formula is C15H20ClO6P. The first kappa shape index (κ1) is 19.8. The van der Waals surface area contributed by atoms with E-state index in [1.54, 1.807) is 20.8 Å². The zero-order valence-corrected chi connectivity index (χ0v) is 14.9. The molecule has 6 nitrogen and oxygen atoms in total. The molecule has 1 aromatic rings. The van der Waals surface area contributed by atoms with Crippen LogP contribution >= 0.6 is 19.2 Å². The Kier molecular flexibility index (Phi) is 7.92. The Hall–Kier alpha value is -1.20. The van der Waals surface area contributed by atoms with Crippen LogP contribution in [0.15, 0.2) is 24.3 Å². The second-order valence-corrected chi connectivity index (χ2v) is 6.95. The lowest BCUT2D eigenvalue weighted by Crippen LogP contribution is -2.33. The van der Waals surface area contributed by atoms with E-state index in [1.165, 1.54) is 24.3 Å². The van der Waals surface area contributed by atoms with Gasteiger partial charge in [-0.15, -0.1) is 0 Å². The smallest absolute Gasteiger partial charge is 0.352 e. The Bertz CT molecular complexity index is 576. The lowest BCUT2D eigenvalue weighted by molar-refractivity contribution is -0.142. The zero-order valence-electron chi connectivity index (χ0n) is 13.3. The predicted molar refractivity (Wildman–Crippen MR) is 87.1 cm³/mol. The number of benzene rings is 1. The fraction of sp³-hybridized carbons (Fsp3) is 0.467. The Morgan fingerprint density at radius 2 is 1.57 bits per heavy atom. The first-order valence-electron chi connectivity index (χ1n) is 7.24. The van der Waals surface area contributed by atoms with Crippen molar-refractivity contribution in [1.29, 1.82) is 0 Å². The quantitative estimate of drug-likeness (QED) is 0.288. The number of esters is 1. The van der Waals surface area contributed by atoms with Gasteiger partial charge in [0.1, 0.15) is 0 Å². The molecular weight excluding hydrogens is 343 g/mol. The van der Waals surface area contributed by atoms with Gasteiger partial charge in [0.2, 0.25) is 5.66 Å². The van der Waals surface area contributed by atoms with Crippen molar-refractivity contribution >= 4 is 30.9 Å². The maximum atomic E-state index is 12.9. The van der Waals surface area contributed by atoms with E-state index in [1.807, 2.05) is 0 Å². The van der Waals surface area contributed by atoms with E-state index in [9.17, 15) is 14.2 Å². The number of carbonyl (C=O) groups excluding carboxylic acids is 2. The first-order valence-corrected chi connectivity index (χ1v) is 9.23. The van der Waals surface area contributed by atoms with Crippen molar-refractivity contribution in [2.24, 2.45) is 0 Å². The van der Waals surface area contributed by atoms with Crippen LogP contribution in [-0.2, 0) is 23.1 Å². The molecule has 0 saturated carbocycles. The van der Waals surface area contributed by atoms with Gasteiger partial charge in [0, 0.05) is 10.6 Å². The molecule has 128 valence electrons. The first-order chi connectivity index (χ1) is 10.9. The summed E-state index contributed by atoms with van der Waals surface area (Å²) in [5.41, 5.74) is -1.49. The minimum atomic E-state index is -4.01. The van der Waals surface area contributed by atoms with Gasteiger partial charge in [-0.3, -0.25) is 14.2 Å². The van der Waals surface area contributed by atoms with Gasteiger partial charge in [-0.05, 0) is 45.0 Å². The number of hydrogen-bond acceptors (Lipinski definition) is 6. The Balaban J connectivity index is 3.27. The van der Waals surface area contributed by atoms with Crippen molar-refractivity contribution in [3.63, 3.8) is 0 Å². The number of carbonyl (C=O) groups is 2. The zero-order chi connectivity index (χ0) is 17.5. The molecule has 1 aromatic carbocycles. The van der Waals surface area contributed by atoms with Gasteiger partial charge >= 0.3 is 13.6 Å². The van der Waals surface area contributed by atoms with E-state index >= 15 is 0 Å². The molecule has 1 atom stereocenters. The van der Waals surface area contributed by atoms with Crippen LogP contribution in [0.5, 0.6) is 0 Å². The average Bonchev–Trinajstić information content (AvgIpc) is 2.48. The van der Waals surface area contributed by atoms with Crippen LogP contribution in [0.3, 0.4) is 0 Å². The lowest BCUT2D eigenvalue weighted by Gasteiger charge is -2.23. The van der Waals surface area contributed by atoms with E-state index in [0.717, 1.165) is 0 Å². The number of hydrogen-bond donors (Lipinski definition) is 0. The normalized spacial score (nSPS) is 12.7. The van der Waals surface area contributed by atoms with E-state index in [4.69, 9.17) is 25.4 Å². The Labute approximate surface area is 140 Å². The van der Waals surface area contributed by atoms with E-state index < -0.39 is 25.0 Å². The van der Waals surface area contributed by atoms with Gasteiger partial charge in [-0.1, -0.05) is 11.6 Å². The number of Topliss-reactive ketones (excluding diaryl/α,β-unsaturated/α-hetero) is 1. The molecule has 0 heterocycles. The third kappa shape index (κ3) is 5.15. The molecule has 0 aliphatic carbocycles. The molecule has 0 aliphatic heterocycles. The van der Waals surface area contributed by atoms with Gasteiger partial charge in [0.05, 0.1) is 19.8 Å². The number of rotatable bonds is 9. The second-order valence-electron chi connectivity index (χ2n) is 4.40. The van der Waals surface area contributed by atoms with Gasteiger partial charge < -0.3 is 13.8 Å². The molecule has 0 N–H and O–H groups in total. The molecule has 0 radical (unpaired) electrons. The molecule has 0 saturated heterocycles. The molecule has 1 unspecified atom stereocenters. The summed E-state index contributed by atoms with van der Waals surface area (Å²) in [6.07, 6.45) is 0. The molecule has 0 bridgehead atoms. The largest absolute Gasteiger partial charge is 0.465 e. The van der Waals surface area contributed by atoms with Gasteiger partial charge in [0.15, 0.2) is 5.78 Å². The minimum absolute atomic E-state index is 0.0288. The number of ketones is 1. The van der Waals surface area contributed by atoms with Gasteiger partial charge in [-0.25, -0.2) is 0 Å². The van der Waals surface area contributed by atoms with Crippen LogP contribution in [0.4, 0.5) is 0 Å². The highest BCUT2D eigenvalue weighted by Gasteiger charge is 2.47. The summed E-state index contributed by atoms with van der Waals surface area (Å²) in [6, 6.07) is 5.89. The van der Waals surface area contributed by atoms with Crippen molar-refractivity contribution in [3.05, 3.63) is 34.9 Å². The molecule has 23 heavy (non-hydrogen) atoms. The van der Waals surface area contributed by atoms with Gasteiger partial charge in [0.25, 0.3) is 0 Å². The monoisotopic (exact) mass is 362 g/mol.